The Bertz CT molecular complexity index is 673. The number of pyridine rings is 1. The van der Waals surface area contributed by atoms with Crippen molar-refractivity contribution < 1.29 is 9.90 Å². The molecule has 0 aliphatic rings. The van der Waals surface area contributed by atoms with Crippen molar-refractivity contribution in [3.05, 3.63) is 49.8 Å². The second-order valence-electron chi connectivity index (χ2n) is 4.26. The van der Waals surface area contributed by atoms with Crippen LogP contribution in [-0.4, -0.2) is 20.6 Å². The molecule has 0 atom stereocenters. The van der Waals surface area contributed by atoms with Gasteiger partial charge in [0.25, 0.3) is 5.56 Å². The zero-order chi connectivity index (χ0) is 14.0. The van der Waals surface area contributed by atoms with Gasteiger partial charge in [-0.15, -0.1) is 11.3 Å². The van der Waals surface area contributed by atoms with E-state index in [1.165, 1.54) is 10.6 Å². The van der Waals surface area contributed by atoms with E-state index in [4.69, 9.17) is 5.11 Å². The Labute approximate surface area is 114 Å². The second kappa shape index (κ2) is 5.36. The lowest BCUT2D eigenvalue weighted by Crippen LogP contribution is -2.28. The lowest BCUT2D eigenvalue weighted by atomic mass is 10.2. The van der Waals surface area contributed by atoms with Gasteiger partial charge in [-0.1, -0.05) is 0 Å². The number of aromatic carboxylic acids is 1. The van der Waals surface area contributed by atoms with E-state index in [-0.39, 0.29) is 5.56 Å². The topological polar surface area (TPSA) is 72.2 Å². The van der Waals surface area contributed by atoms with E-state index in [1.54, 1.807) is 29.8 Å². The quantitative estimate of drug-likeness (QED) is 0.926. The third-order valence-corrected chi connectivity index (χ3v) is 4.03. The molecule has 0 bridgehead atoms. The average molecular weight is 278 g/mol. The first kappa shape index (κ1) is 13.5. The molecule has 1 N–H and O–H groups in total. The number of hydrogen-bond acceptors (Lipinski definition) is 4. The maximum atomic E-state index is 12.0. The molecule has 2 aromatic rings. The smallest absolute Gasteiger partial charge is 0.341 e. The largest absolute Gasteiger partial charge is 0.477 e. The van der Waals surface area contributed by atoms with Crippen LogP contribution in [0.2, 0.25) is 0 Å². The molecule has 0 radical (unpaired) electrons. The van der Waals surface area contributed by atoms with E-state index in [0.29, 0.717) is 13.0 Å². The molecule has 0 aromatic carbocycles. The van der Waals surface area contributed by atoms with Gasteiger partial charge >= 0.3 is 5.97 Å². The highest BCUT2D eigenvalue weighted by Crippen LogP contribution is 2.13. The summed E-state index contributed by atoms with van der Waals surface area (Å²) in [6, 6.07) is 3.01. The van der Waals surface area contributed by atoms with Crippen molar-refractivity contribution in [2.24, 2.45) is 0 Å². The highest BCUT2D eigenvalue weighted by Gasteiger charge is 2.12. The van der Waals surface area contributed by atoms with E-state index in [1.807, 2.05) is 6.92 Å². The fourth-order valence-corrected chi connectivity index (χ4v) is 2.66. The average Bonchev–Trinajstić information content (AvgIpc) is 2.74. The van der Waals surface area contributed by atoms with Crippen LogP contribution in [0.3, 0.4) is 0 Å². The molecule has 19 heavy (non-hydrogen) atoms. The molecule has 2 heterocycles. The standard InChI is InChI=1S/C13H14N2O3S/c1-8-3-4-10(13(17)18)12(16)15(8)6-5-11-9(2)14-7-19-11/h3-4,7H,5-6H2,1-2H3,(H,17,18). The van der Waals surface area contributed by atoms with E-state index in [2.05, 4.69) is 4.98 Å². The van der Waals surface area contributed by atoms with Crippen molar-refractivity contribution in [2.75, 3.05) is 0 Å². The van der Waals surface area contributed by atoms with Crippen LogP contribution >= 0.6 is 11.3 Å². The summed E-state index contributed by atoms with van der Waals surface area (Å²) in [6.45, 7) is 4.19. The van der Waals surface area contributed by atoms with Crippen molar-refractivity contribution in [1.29, 1.82) is 0 Å². The van der Waals surface area contributed by atoms with Crippen molar-refractivity contribution >= 4 is 17.3 Å². The van der Waals surface area contributed by atoms with Crippen LogP contribution in [0.5, 0.6) is 0 Å². The number of aryl methyl sites for hydroxylation is 3. The van der Waals surface area contributed by atoms with Gasteiger partial charge in [0.2, 0.25) is 0 Å². The highest BCUT2D eigenvalue weighted by molar-refractivity contribution is 7.09. The summed E-state index contributed by atoms with van der Waals surface area (Å²) in [5.41, 5.74) is 2.86. The van der Waals surface area contributed by atoms with Gasteiger partial charge in [0.1, 0.15) is 5.56 Å². The first-order valence-electron chi connectivity index (χ1n) is 5.83. The van der Waals surface area contributed by atoms with Crippen LogP contribution in [-0.2, 0) is 13.0 Å². The van der Waals surface area contributed by atoms with Crippen LogP contribution in [0.4, 0.5) is 0 Å². The van der Waals surface area contributed by atoms with Crippen LogP contribution in [0.15, 0.2) is 22.4 Å². The fourth-order valence-electron chi connectivity index (χ4n) is 1.89. The number of carboxylic acids is 1. The first-order valence-corrected chi connectivity index (χ1v) is 6.71. The van der Waals surface area contributed by atoms with Crippen LogP contribution in [0.25, 0.3) is 0 Å². The zero-order valence-electron chi connectivity index (χ0n) is 10.7. The van der Waals surface area contributed by atoms with Crippen LogP contribution in [0.1, 0.15) is 26.6 Å². The van der Waals surface area contributed by atoms with E-state index in [0.717, 1.165) is 16.3 Å². The first-order chi connectivity index (χ1) is 9.00. The Kier molecular flexibility index (Phi) is 3.80. The van der Waals surface area contributed by atoms with Crippen molar-refractivity contribution in [1.82, 2.24) is 9.55 Å². The molecule has 0 unspecified atom stereocenters. The Morgan fingerprint density at radius 2 is 2.16 bits per heavy atom. The molecule has 6 heteroatoms. The molecule has 0 fully saturated rings. The molecule has 5 nitrogen and oxygen atoms in total. The molecular weight excluding hydrogens is 264 g/mol. The van der Waals surface area contributed by atoms with Gasteiger partial charge in [0.05, 0.1) is 11.2 Å². The van der Waals surface area contributed by atoms with Gasteiger partial charge in [-0.25, -0.2) is 9.78 Å². The molecule has 0 aliphatic carbocycles. The molecule has 0 amide bonds. The summed E-state index contributed by atoms with van der Waals surface area (Å²) < 4.78 is 1.50. The molecule has 0 aliphatic heterocycles. The SMILES string of the molecule is Cc1ncsc1CCn1c(C)ccc(C(=O)O)c1=O. The predicted molar refractivity (Wildman–Crippen MR) is 73.0 cm³/mol. The van der Waals surface area contributed by atoms with Crippen molar-refractivity contribution in [3.8, 4) is 0 Å². The summed E-state index contributed by atoms with van der Waals surface area (Å²) >= 11 is 1.55. The number of aromatic nitrogens is 2. The van der Waals surface area contributed by atoms with Crippen molar-refractivity contribution in [2.45, 2.75) is 26.8 Å². The van der Waals surface area contributed by atoms with Gasteiger partial charge in [0, 0.05) is 23.5 Å². The molecule has 0 saturated carbocycles. The predicted octanol–water partition coefficient (Wildman–Crippen LogP) is 1.86. The van der Waals surface area contributed by atoms with Gasteiger partial charge in [0.15, 0.2) is 0 Å². The number of carbonyl (C=O) groups is 1. The lowest BCUT2D eigenvalue weighted by Gasteiger charge is -2.10. The number of rotatable bonds is 4. The van der Waals surface area contributed by atoms with E-state index < -0.39 is 11.5 Å². The Hall–Kier alpha value is -1.95. The van der Waals surface area contributed by atoms with E-state index in [9.17, 15) is 9.59 Å². The third kappa shape index (κ3) is 2.73. The fraction of sp³-hybridized carbons (Fsp3) is 0.308. The van der Waals surface area contributed by atoms with Crippen LogP contribution in [0, 0.1) is 13.8 Å². The molecule has 2 rings (SSSR count). The minimum Gasteiger partial charge on any atom is -0.477 e. The third-order valence-electron chi connectivity index (χ3n) is 3.03. The Morgan fingerprint density at radius 1 is 1.42 bits per heavy atom. The number of hydrogen-bond donors (Lipinski definition) is 1. The second-order valence-corrected chi connectivity index (χ2v) is 5.20. The maximum absolute atomic E-state index is 12.0. The summed E-state index contributed by atoms with van der Waals surface area (Å²) in [6.07, 6.45) is 0.681. The van der Waals surface area contributed by atoms with Crippen molar-refractivity contribution in [3.63, 3.8) is 0 Å². The zero-order valence-corrected chi connectivity index (χ0v) is 11.5. The summed E-state index contributed by atoms with van der Waals surface area (Å²) in [5, 5.41) is 8.96. The minimum absolute atomic E-state index is 0.188. The summed E-state index contributed by atoms with van der Waals surface area (Å²) in [4.78, 5) is 28.3. The summed E-state index contributed by atoms with van der Waals surface area (Å²) in [5.74, 6) is -1.19. The van der Waals surface area contributed by atoms with Gasteiger partial charge in [-0.2, -0.15) is 0 Å². The molecule has 0 spiro atoms. The Morgan fingerprint density at radius 3 is 2.74 bits per heavy atom. The molecular formula is C13H14N2O3S. The number of carboxylic acid groups (broad SMARTS) is 1. The molecule has 0 saturated heterocycles. The minimum atomic E-state index is -1.19. The Balaban J connectivity index is 2.30. The summed E-state index contributed by atoms with van der Waals surface area (Å²) in [7, 11) is 0. The van der Waals surface area contributed by atoms with Crippen LogP contribution < -0.4 is 5.56 Å². The molecule has 2 aromatic heterocycles. The van der Waals surface area contributed by atoms with Gasteiger partial charge < -0.3 is 9.67 Å². The van der Waals surface area contributed by atoms with Gasteiger partial charge in [-0.3, -0.25) is 4.79 Å². The number of nitrogens with zero attached hydrogens (tertiary/aromatic N) is 2. The molecule has 100 valence electrons. The highest BCUT2D eigenvalue weighted by atomic mass is 32.1. The van der Waals surface area contributed by atoms with E-state index >= 15 is 0 Å². The monoisotopic (exact) mass is 278 g/mol. The maximum Gasteiger partial charge on any atom is 0.341 e. The lowest BCUT2D eigenvalue weighted by molar-refractivity contribution is 0.0694. The van der Waals surface area contributed by atoms with Gasteiger partial charge in [-0.05, 0) is 26.0 Å². The number of thiazole rings is 1. The normalized spacial score (nSPS) is 10.6.